The van der Waals surface area contributed by atoms with Gasteiger partial charge in [0.05, 0.1) is 20.0 Å². The zero-order valence-electron chi connectivity index (χ0n) is 10.5. The van der Waals surface area contributed by atoms with Crippen molar-refractivity contribution < 1.29 is 23.9 Å². The number of likely N-dealkylation sites (N-methyl/N-ethyl adjacent to an activating group) is 1. The molecular weight excluding hydrogens is 226 g/mol. The molecule has 6 nitrogen and oxygen atoms in total. The minimum atomic E-state index is -0.573. The third-order valence-corrected chi connectivity index (χ3v) is 2.23. The molecule has 0 aliphatic carbocycles. The molecule has 0 bridgehead atoms. The SMILES string of the molecule is CCN(CC)C(=O)COC(=O)CCC(=O)OC. The first-order chi connectivity index (χ1) is 8.04. The second kappa shape index (κ2) is 8.55. The molecular formula is C11H19NO5. The number of carbonyl (C=O) groups excluding carboxylic acids is 3. The maximum absolute atomic E-state index is 11.5. The first-order valence-corrected chi connectivity index (χ1v) is 5.55. The number of ether oxygens (including phenoxy) is 2. The van der Waals surface area contributed by atoms with Crippen molar-refractivity contribution in [3.8, 4) is 0 Å². The lowest BCUT2D eigenvalue weighted by Gasteiger charge is -2.18. The van der Waals surface area contributed by atoms with Crippen molar-refractivity contribution in [3.63, 3.8) is 0 Å². The van der Waals surface area contributed by atoms with Crippen molar-refractivity contribution >= 4 is 17.8 Å². The number of rotatable bonds is 7. The molecule has 0 atom stereocenters. The van der Waals surface area contributed by atoms with Crippen LogP contribution >= 0.6 is 0 Å². The van der Waals surface area contributed by atoms with Gasteiger partial charge in [0.1, 0.15) is 0 Å². The molecule has 0 rings (SSSR count). The Morgan fingerprint density at radius 3 is 2.00 bits per heavy atom. The number of hydrogen-bond acceptors (Lipinski definition) is 5. The summed E-state index contributed by atoms with van der Waals surface area (Å²) in [7, 11) is 1.25. The van der Waals surface area contributed by atoms with Gasteiger partial charge >= 0.3 is 11.9 Å². The first-order valence-electron chi connectivity index (χ1n) is 5.55. The van der Waals surface area contributed by atoms with E-state index in [1.165, 1.54) is 7.11 Å². The molecule has 0 aromatic heterocycles. The van der Waals surface area contributed by atoms with Gasteiger partial charge in [0.25, 0.3) is 5.91 Å². The fourth-order valence-electron chi connectivity index (χ4n) is 1.19. The largest absolute Gasteiger partial charge is 0.469 e. The van der Waals surface area contributed by atoms with Gasteiger partial charge in [-0.25, -0.2) is 0 Å². The Kier molecular flexibility index (Phi) is 7.75. The van der Waals surface area contributed by atoms with Gasteiger partial charge in [-0.1, -0.05) is 0 Å². The summed E-state index contributed by atoms with van der Waals surface area (Å²) >= 11 is 0. The number of nitrogens with zero attached hydrogens (tertiary/aromatic N) is 1. The molecule has 0 aliphatic rings. The maximum Gasteiger partial charge on any atom is 0.306 e. The Labute approximate surface area is 101 Å². The lowest BCUT2D eigenvalue weighted by Crippen LogP contribution is -2.34. The van der Waals surface area contributed by atoms with E-state index in [0.29, 0.717) is 13.1 Å². The van der Waals surface area contributed by atoms with Crippen molar-refractivity contribution in [2.24, 2.45) is 0 Å². The quantitative estimate of drug-likeness (QED) is 0.605. The second-order valence-electron chi connectivity index (χ2n) is 3.30. The molecule has 1 amide bonds. The van der Waals surface area contributed by atoms with E-state index in [2.05, 4.69) is 4.74 Å². The van der Waals surface area contributed by atoms with Crippen molar-refractivity contribution in [3.05, 3.63) is 0 Å². The van der Waals surface area contributed by atoms with E-state index in [9.17, 15) is 14.4 Å². The highest BCUT2D eigenvalue weighted by Gasteiger charge is 2.13. The average molecular weight is 245 g/mol. The highest BCUT2D eigenvalue weighted by molar-refractivity contribution is 5.82. The van der Waals surface area contributed by atoms with Crippen molar-refractivity contribution in [2.45, 2.75) is 26.7 Å². The van der Waals surface area contributed by atoms with Crippen molar-refractivity contribution in [1.82, 2.24) is 4.90 Å². The number of methoxy groups -OCH3 is 1. The minimum Gasteiger partial charge on any atom is -0.469 e. The van der Waals surface area contributed by atoms with Crippen LogP contribution in [0.1, 0.15) is 26.7 Å². The third kappa shape index (κ3) is 6.55. The Morgan fingerprint density at radius 1 is 1.00 bits per heavy atom. The van der Waals surface area contributed by atoms with Gasteiger partial charge in [-0.05, 0) is 13.8 Å². The summed E-state index contributed by atoms with van der Waals surface area (Å²) in [6, 6.07) is 0. The van der Waals surface area contributed by atoms with Gasteiger partial charge in [0.2, 0.25) is 0 Å². The minimum absolute atomic E-state index is 0.0329. The summed E-state index contributed by atoms with van der Waals surface area (Å²) in [5, 5.41) is 0. The van der Waals surface area contributed by atoms with E-state index in [1.54, 1.807) is 4.90 Å². The molecule has 17 heavy (non-hydrogen) atoms. The smallest absolute Gasteiger partial charge is 0.306 e. The summed E-state index contributed by atoms with van der Waals surface area (Å²) in [4.78, 5) is 34.9. The predicted molar refractivity (Wildman–Crippen MR) is 60.1 cm³/mol. The van der Waals surface area contributed by atoms with Crippen LogP contribution in [0.4, 0.5) is 0 Å². The number of hydrogen-bond donors (Lipinski definition) is 0. The van der Waals surface area contributed by atoms with Crippen LogP contribution in [-0.4, -0.2) is 49.6 Å². The molecule has 0 unspecified atom stereocenters. The van der Waals surface area contributed by atoms with Crippen LogP contribution in [0.3, 0.4) is 0 Å². The van der Waals surface area contributed by atoms with Crippen molar-refractivity contribution in [1.29, 1.82) is 0 Å². The van der Waals surface area contributed by atoms with E-state index in [0.717, 1.165) is 0 Å². The van der Waals surface area contributed by atoms with Crippen LogP contribution < -0.4 is 0 Å². The summed E-state index contributed by atoms with van der Waals surface area (Å²) in [6.07, 6.45) is -0.104. The fraction of sp³-hybridized carbons (Fsp3) is 0.727. The molecule has 0 fully saturated rings. The van der Waals surface area contributed by atoms with Crippen LogP contribution in [0.5, 0.6) is 0 Å². The Morgan fingerprint density at radius 2 is 1.53 bits per heavy atom. The van der Waals surface area contributed by atoms with E-state index in [-0.39, 0.29) is 25.4 Å². The van der Waals surface area contributed by atoms with Crippen LogP contribution in [0.2, 0.25) is 0 Å². The number of carbonyl (C=O) groups is 3. The van der Waals surface area contributed by atoms with E-state index in [1.807, 2.05) is 13.8 Å². The van der Waals surface area contributed by atoms with E-state index < -0.39 is 11.9 Å². The van der Waals surface area contributed by atoms with Gasteiger partial charge in [0.15, 0.2) is 6.61 Å². The van der Waals surface area contributed by atoms with Crippen LogP contribution in [0.25, 0.3) is 0 Å². The predicted octanol–water partition coefficient (Wildman–Crippen LogP) is 0.351. The standard InChI is InChI=1S/C11H19NO5/c1-4-12(5-2)9(13)8-17-11(15)7-6-10(14)16-3/h4-8H2,1-3H3. The molecule has 98 valence electrons. The monoisotopic (exact) mass is 245 g/mol. The van der Waals surface area contributed by atoms with Crippen molar-refractivity contribution in [2.75, 3.05) is 26.8 Å². The lowest BCUT2D eigenvalue weighted by atomic mass is 10.3. The van der Waals surface area contributed by atoms with Crippen LogP contribution in [-0.2, 0) is 23.9 Å². The average Bonchev–Trinajstić information content (AvgIpc) is 2.34. The summed E-state index contributed by atoms with van der Waals surface area (Å²) in [6.45, 7) is 4.58. The molecule has 0 N–H and O–H groups in total. The van der Waals surface area contributed by atoms with Gasteiger partial charge < -0.3 is 14.4 Å². The molecule has 0 saturated heterocycles. The Bertz CT molecular complexity index is 273. The summed E-state index contributed by atoms with van der Waals surface area (Å²) in [5.41, 5.74) is 0. The summed E-state index contributed by atoms with van der Waals surface area (Å²) < 4.78 is 9.12. The van der Waals surface area contributed by atoms with Crippen LogP contribution in [0.15, 0.2) is 0 Å². The van der Waals surface area contributed by atoms with Gasteiger partial charge in [-0.3, -0.25) is 14.4 Å². The molecule has 0 radical (unpaired) electrons. The molecule has 6 heteroatoms. The fourth-order valence-corrected chi connectivity index (χ4v) is 1.19. The summed E-state index contributed by atoms with van der Waals surface area (Å²) in [5.74, 6) is -1.28. The number of esters is 2. The molecule has 0 aromatic carbocycles. The van der Waals surface area contributed by atoms with E-state index >= 15 is 0 Å². The van der Waals surface area contributed by atoms with E-state index in [4.69, 9.17) is 4.74 Å². The topological polar surface area (TPSA) is 72.9 Å². The highest BCUT2D eigenvalue weighted by atomic mass is 16.5. The van der Waals surface area contributed by atoms with Gasteiger partial charge in [0, 0.05) is 13.1 Å². The molecule has 0 aromatic rings. The Balaban J connectivity index is 3.83. The molecule has 0 saturated carbocycles. The lowest BCUT2D eigenvalue weighted by molar-refractivity contribution is -0.153. The third-order valence-electron chi connectivity index (χ3n) is 2.23. The van der Waals surface area contributed by atoms with Gasteiger partial charge in [-0.2, -0.15) is 0 Å². The first kappa shape index (κ1) is 15.4. The zero-order valence-corrected chi connectivity index (χ0v) is 10.5. The molecule has 0 heterocycles. The normalized spacial score (nSPS) is 9.59. The van der Waals surface area contributed by atoms with Crippen LogP contribution in [0, 0.1) is 0 Å². The Hall–Kier alpha value is -1.59. The maximum atomic E-state index is 11.5. The zero-order chi connectivity index (χ0) is 13.3. The number of amides is 1. The highest BCUT2D eigenvalue weighted by Crippen LogP contribution is 1.96. The van der Waals surface area contributed by atoms with Gasteiger partial charge in [-0.15, -0.1) is 0 Å². The second-order valence-corrected chi connectivity index (χ2v) is 3.30. The molecule has 0 aliphatic heterocycles. The molecule has 0 spiro atoms.